The topological polar surface area (TPSA) is 59.0 Å². The van der Waals surface area contributed by atoms with Crippen LogP contribution in [0.15, 0.2) is 66.7 Å². The summed E-state index contributed by atoms with van der Waals surface area (Å²) < 4.78 is 11.0. The second-order valence-electron chi connectivity index (χ2n) is 9.19. The van der Waals surface area contributed by atoms with Gasteiger partial charge in [-0.2, -0.15) is 0 Å². The molecular weight excluding hydrogens is 485 g/mol. The lowest BCUT2D eigenvalue weighted by Gasteiger charge is -2.49. The Labute approximate surface area is 216 Å². The maximum absolute atomic E-state index is 13.9. The number of carbonyl (C=O) groups excluding carboxylic acids is 1. The standard InChI is InChI=1S/C28H29Cl2NO4/c1-28(17-32)15-24(19-5-4-6-22(30)13-19)26(18-7-10-21(29)11-8-18)31(27(28)33)16-20-9-12-23(34-2)14-25(20)35-3/h4-14,24,26,32H,15-17H2,1-3H3. The zero-order valence-corrected chi connectivity index (χ0v) is 21.5. The minimum absolute atomic E-state index is 0.103. The molecule has 0 radical (unpaired) electrons. The molecule has 3 aromatic carbocycles. The molecule has 1 fully saturated rings. The van der Waals surface area contributed by atoms with Gasteiger partial charge in [-0.15, -0.1) is 0 Å². The van der Waals surface area contributed by atoms with Gasteiger partial charge in [0, 0.05) is 34.1 Å². The zero-order valence-electron chi connectivity index (χ0n) is 20.0. The van der Waals surface area contributed by atoms with E-state index in [1.54, 1.807) is 20.3 Å². The number of rotatable bonds is 7. The Morgan fingerprint density at radius 2 is 1.71 bits per heavy atom. The van der Waals surface area contributed by atoms with E-state index in [0.717, 1.165) is 16.7 Å². The van der Waals surface area contributed by atoms with Gasteiger partial charge in [0.1, 0.15) is 11.5 Å². The molecule has 1 aliphatic rings. The van der Waals surface area contributed by atoms with Crippen LogP contribution in [0.4, 0.5) is 0 Å². The number of ether oxygens (including phenoxy) is 2. The van der Waals surface area contributed by atoms with Crippen molar-refractivity contribution in [3.05, 3.63) is 93.5 Å². The molecule has 0 bridgehead atoms. The number of carbonyl (C=O) groups is 1. The fraction of sp³-hybridized carbons (Fsp3) is 0.321. The lowest BCUT2D eigenvalue weighted by atomic mass is 9.69. The van der Waals surface area contributed by atoms with Crippen LogP contribution >= 0.6 is 23.2 Å². The van der Waals surface area contributed by atoms with Crippen molar-refractivity contribution < 1.29 is 19.4 Å². The van der Waals surface area contributed by atoms with Crippen molar-refractivity contribution in [1.82, 2.24) is 4.90 Å². The monoisotopic (exact) mass is 513 g/mol. The minimum atomic E-state index is -0.949. The van der Waals surface area contributed by atoms with Crippen LogP contribution in [-0.2, 0) is 11.3 Å². The number of likely N-dealkylation sites (tertiary alicyclic amines) is 1. The molecule has 0 aliphatic carbocycles. The number of hydrogen-bond donors (Lipinski definition) is 1. The van der Waals surface area contributed by atoms with Gasteiger partial charge >= 0.3 is 0 Å². The van der Waals surface area contributed by atoms with E-state index in [2.05, 4.69) is 0 Å². The molecule has 1 heterocycles. The summed E-state index contributed by atoms with van der Waals surface area (Å²) in [5, 5.41) is 11.6. The van der Waals surface area contributed by atoms with Crippen molar-refractivity contribution in [3.63, 3.8) is 0 Å². The number of methoxy groups -OCH3 is 2. The van der Waals surface area contributed by atoms with Crippen LogP contribution in [0, 0.1) is 5.41 Å². The van der Waals surface area contributed by atoms with Crippen LogP contribution in [0.3, 0.4) is 0 Å². The van der Waals surface area contributed by atoms with Crippen molar-refractivity contribution in [2.24, 2.45) is 5.41 Å². The van der Waals surface area contributed by atoms with Crippen LogP contribution in [0.2, 0.25) is 10.0 Å². The third-order valence-corrected chi connectivity index (χ3v) is 7.32. The molecule has 1 amide bonds. The predicted octanol–water partition coefficient (Wildman–Crippen LogP) is 6.27. The van der Waals surface area contributed by atoms with Crippen molar-refractivity contribution in [3.8, 4) is 11.5 Å². The Balaban J connectivity index is 1.87. The SMILES string of the molecule is COc1ccc(CN2C(=O)C(C)(CO)CC(c3cccc(Cl)c3)C2c2ccc(Cl)cc2)c(OC)c1. The van der Waals surface area contributed by atoms with E-state index in [9.17, 15) is 9.90 Å². The van der Waals surface area contributed by atoms with Gasteiger partial charge in [-0.05, 0) is 60.9 Å². The van der Waals surface area contributed by atoms with Gasteiger partial charge in [0.15, 0.2) is 0 Å². The van der Waals surface area contributed by atoms with Crippen molar-refractivity contribution in [2.45, 2.75) is 31.8 Å². The molecule has 0 spiro atoms. The number of aliphatic hydroxyl groups is 1. The Bertz CT molecular complexity index is 1200. The summed E-state index contributed by atoms with van der Waals surface area (Å²) in [7, 11) is 3.20. The summed E-state index contributed by atoms with van der Waals surface area (Å²) in [6.45, 7) is 1.86. The van der Waals surface area contributed by atoms with E-state index in [1.165, 1.54) is 0 Å². The Hall–Kier alpha value is -2.73. The average molecular weight is 514 g/mol. The summed E-state index contributed by atoms with van der Waals surface area (Å²) in [6.07, 6.45) is 0.478. The fourth-order valence-electron chi connectivity index (χ4n) is 4.95. The number of benzene rings is 3. The van der Waals surface area contributed by atoms with Crippen LogP contribution in [0.1, 0.15) is 42.0 Å². The van der Waals surface area contributed by atoms with E-state index in [1.807, 2.05) is 72.5 Å². The number of piperidine rings is 1. The summed E-state index contributed by atoms with van der Waals surface area (Å²) in [5.41, 5.74) is 1.86. The highest BCUT2D eigenvalue weighted by Gasteiger charge is 2.49. The fourth-order valence-corrected chi connectivity index (χ4v) is 5.28. The molecule has 3 aromatic rings. The van der Waals surface area contributed by atoms with Gasteiger partial charge in [0.05, 0.1) is 32.3 Å². The Morgan fingerprint density at radius 3 is 2.34 bits per heavy atom. The molecule has 5 nitrogen and oxygen atoms in total. The lowest BCUT2D eigenvalue weighted by molar-refractivity contribution is -0.154. The van der Waals surface area contributed by atoms with Crippen molar-refractivity contribution in [1.29, 1.82) is 0 Å². The number of halogens is 2. The Morgan fingerprint density at radius 1 is 0.971 bits per heavy atom. The molecule has 1 N–H and O–H groups in total. The van der Waals surface area contributed by atoms with Crippen LogP contribution < -0.4 is 9.47 Å². The molecule has 1 aliphatic heterocycles. The lowest BCUT2D eigenvalue weighted by Crippen LogP contribution is -2.52. The van der Waals surface area contributed by atoms with E-state index >= 15 is 0 Å². The summed E-state index contributed by atoms with van der Waals surface area (Å²) in [6, 6.07) is 20.6. The maximum Gasteiger partial charge on any atom is 0.231 e. The molecule has 0 saturated carbocycles. The Kier molecular flexibility index (Phi) is 7.60. The maximum atomic E-state index is 13.9. The first-order valence-corrected chi connectivity index (χ1v) is 12.2. The third kappa shape index (κ3) is 5.13. The van der Waals surface area contributed by atoms with E-state index < -0.39 is 5.41 Å². The molecule has 4 rings (SSSR count). The van der Waals surface area contributed by atoms with Gasteiger partial charge in [-0.25, -0.2) is 0 Å². The van der Waals surface area contributed by atoms with Gasteiger partial charge < -0.3 is 19.5 Å². The van der Waals surface area contributed by atoms with Gasteiger partial charge in [-0.1, -0.05) is 47.5 Å². The van der Waals surface area contributed by atoms with E-state index in [4.69, 9.17) is 32.7 Å². The molecule has 35 heavy (non-hydrogen) atoms. The minimum Gasteiger partial charge on any atom is -0.497 e. The van der Waals surface area contributed by atoms with E-state index in [-0.39, 0.29) is 24.5 Å². The van der Waals surface area contributed by atoms with E-state index in [0.29, 0.717) is 34.5 Å². The molecule has 7 heteroatoms. The van der Waals surface area contributed by atoms with Gasteiger partial charge in [-0.3, -0.25) is 4.79 Å². The largest absolute Gasteiger partial charge is 0.497 e. The van der Waals surface area contributed by atoms with Crippen LogP contribution in [0.25, 0.3) is 0 Å². The molecule has 3 unspecified atom stereocenters. The summed E-state index contributed by atoms with van der Waals surface area (Å²) in [4.78, 5) is 15.8. The first kappa shape index (κ1) is 25.4. The smallest absolute Gasteiger partial charge is 0.231 e. The number of aliphatic hydroxyl groups excluding tert-OH is 1. The number of amides is 1. The second-order valence-corrected chi connectivity index (χ2v) is 10.1. The zero-order chi connectivity index (χ0) is 25.2. The highest BCUT2D eigenvalue weighted by Crippen LogP contribution is 2.50. The van der Waals surface area contributed by atoms with Crippen molar-refractivity contribution in [2.75, 3.05) is 20.8 Å². The first-order chi connectivity index (χ1) is 16.8. The quantitative estimate of drug-likeness (QED) is 0.404. The highest BCUT2D eigenvalue weighted by atomic mass is 35.5. The van der Waals surface area contributed by atoms with Gasteiger partial charge in [0.2, 0.25) is 5.91 Å². The van der Waals surface area contributed by atoms with Gasteiger partial charge in [0.25, 0.3) is 0 Å². The molecule has 184 valence electrons. The average Bonchev–Trinajstić information content (AvgIpc) is 2.87. The molecular formula is C28H29Cl2NO4. The van der Waals surface area contributed by atoms with Crippen molar-refractivity contribution >= 4 is 29.1 Å². The summed E-state index contributed by atoms with van der Waals surface area (Å²) >= 11 is 12.6. The summed E-state index contributed by atoms with van der Waals surface area (Å²) in [5.74, 6) is 1.08. The van der Waals surface area contributed by atoms with Crippen LogP contribution in [0.5, 0.6) is 11.5 Å². The second kappa shape index (κ2) is 10.5. The molecule has 0 aromatic heterocycles. The highest BCUT2D eigenvalue weighted by molar-refractivity contribution is 6.30. The third-order valence-electron chi connectivity index (χ3n) is 6.84. The number of nitrogens with zero attached hydrogens (tertiary/aromatic N) is 1. The predicted molar refractivity (Wildman–Crippen MR) is 138 cm³/mol. The van der Waals surface area contributed by atoms with Crippen LogP contribution in [-0.4, -0.2) is 36.7 Å². The number of hydrogen-bond acceptors (Lipinski definition) is 4. The first-order valence-electron chi connectivity index (χ1n) is 11.4. The normalized spacial score (nSPS) is 22.2. The molecule has 3 atom stereocenters. The molecule has 1 saturated heterocycles.